The molecular formula is C30H22INO6S. The monoisotopic (exact) mass is 651 g/mol. The molecule has 7 nitrogen and oxygen atoms in total. The number of ether oxygens (including phenoxy) is 3. The van der Waals surface area contributed by atoms with Gasteiger partial charge in [0, 0.05) is 0 Å². The fourth-order valence-corrected chi connectivity index (χ4v) is 5.68. The molecule has 196 valence electrons. The highest BCUT2D eigenvalue weighted by molar-refractivity contribution is 14.1. The van der Waals surface area contributed by atoms with Crippen molar-refractivity contribution < 1.29 is 28.6 Å². The fourth-order valence-electron chi connectivity index (χ4n) is 4.11. The molecule has 4 aromatic carbocycles. The van der Waals surface area contributed by atoms with Crippen molar-refractivity contribution in [1.82, 2.24) is 4.90 Å². The van der Waals surface area contributed by atoms with E-state index in [0.29, 0.717) is 31.1 Å². The molecule has 1 aliphatic heterocycles. The van der Waals surface area contributed by atoms with Crippen LogP contribution in [-0.2, 0) is 11.3 Å². The summed E-state index contributed by atoms with van der Waals surface area (Å²) in [4.78, 5) is 40.1. The second-order valence-corrected chi connectivity index (χ2v) is 10.8. The number of thioether (sulfide) groups is 1. The van der Waals surface area contributed by atoms with Crippen LogP contribution in [-0.4, -0.2) is 36.2 Å². The zero-order valence-electron chi connectivity index (χ0n) is 21.0. The van der Waals surface area contributed by atoms with Crippen LogP contribution in [0.2, 0.25) is 0 Å². The van der Waals surface area contributed by atoms with Crippen molar-refractivity contribution in [2.24, 2.45) is 0 Å². The number of amides is 2. The quantitative estimate of drug-likeness (QED) is 0.0930. The molecule has 39 heavy (non-hydrogen) atoms. The average Bonchev–Trinajstić information content (AvgIpc) is 3.21. The number of rotatable bonds is 7. The molecule has 0 atom stereocenters. The van der Waals surface area contributed by atoms with Gasteiger partial charge >= 0.3 is 5.97 Å². The highest BCUT2D eigenvalue weighted by Gasteiger charge is 2.35. The normalized spacial score (nSPS) is 14.2. The van der Waals surface area contributed by atoms with E-state index in [2.05, 4.69) is 0 Å². The number of hydrogen-bond acceptors (Lipinski definition) is 7. The molecule has 9 heteroatoms. The lowest BCUT2D eigenvalue weighted by atomic mass is 10.1. The molecule has 1 heterocycles. The van der Waals surface area contributed by atoms with Crippen LogP contribution in [0, 0.1) is 3.57 Å². The van der Waals surface area contributed by atoms with Gasteiger partial charge in [0.2, 0.25) is 0 Å². The first-order valence-corrected chi connectivity index (χ1v) is 13.7. The maximum Gasteiger partial charge on any atom is 0.343 e. The maximum atomic E-state index is 13.1. The summed E-state index contributed by atoms with van der Waals surface area (Å²) in [5, 5.41) is 1.81. The first-order chi connectivity index (χ1) is 18.9. The fraction of sp³-hybridized carbons (Fsp3) is 0.100. The van der Waals surface area contributed by atoms with Gasteiger partial charge in [-0.1, -0.05) is 36.4 Å². The van der Waals surface area contributed by atoms with Crippen LogP contribution in [0.3, 0.4) is 0 Å². The van der Waals surface area contributed by atoms with Crippen molar-refractivity contribution >= 4 is 68.3 Å². The Hall–Kier alpha value is -3.83. The van der Waals surface area contributed by atoms with Gasteiger partial charge in [0.05, 0.1) is 34.8 Å². The largest absolute Gasteiger partial charge is 0.497 e. The van der Waals surface area contributed by atoms with Gasteiger partial charge in [-0.15, -0.1) is 0 Å². The molecule has 0 spiro atoms. The van der Waals surface area contributed by atoms with E-state index >= 15 is 0 Å². The van der Waals surface area contributed by atoms with Crippen molar-refractivity contribution in [1.29, 1.82) is 0 Å². The topological polar surface area (TPSA) is 82.1 Å². The van der Waals surface area contributed by atoms with Gasteiger partial charge in [-0.3, -0.25) is 14.5 Å². The Balaban J connectivity index is 1.35. The highest BCUT2D eigenvalue weighted by atomic mass is 127. The predicted molar refractivity (Wildman–Crippen MR) is 159 cm³/mol. The standard InChI is InChI=1S/C30H22INO6S/c1-36-23-11-9-21(10-12-23)29(34)38-27-24(31)14-19(15-25(27)37-2)16-26-28(33)32(30(35)39-26)17-18-7-8-20-5-3-4-6-22(20)13-18/h3-16H,17H2,1-2H3/b26-16-. The maximum absolute atomic E-state index is 13.1. The number of carbonyl (C=O) groups excluding carboxylic acids is 3. The molecule has 0 aromatic heterocycles. The van der Waals surface area contributed by atoms with E-state index in [-0.39, 0.29) is 23.4 Å². The van der Waals surface area contributed by atoms with E-state index in [1.54, 1.807) is 49.6 Å². The summed E-state index contributed by atoms with van der Waals surface area (Å²) in [6.45, 7) is 0.188. The van der Waals surface area contributed by atoms with Crippen molar-refractivity contribution in [3.8, 4) is 17.2 Å². The smallest absolute Gasteiger partial charge is 0.343 e. The molecule has 5 rings (SSSR count). The number of imide groups is 1. The number of carbonyl (C=O) groups is 3. The van der Waals surface area contributed by atoms with E-state index in [0.717, 1.165) is 28.1 Å². The third-order valence-corrected chi connectivity index (χ3v) is 7.81. The van der Waals surface area contributed by atoms with Crippen molar-refractivity contribution in [2.45, 2.75) is 6.54 Å². The zero-order chi connectivity index (χ0) is 27.5. The van der Waals surface area contributed by atoms with E-state index in [9.17, 15) is 14.4 Å². The molecule has 1 fully saturated rings. The molecule has 2 amide bonds. The van der Waals surface area contributed by atoms with Crippen LogP contribution in [0.5, 0.6) is 17.2 Å². The van der Waals surface area contributed by atoms with E-state index in [1.807, 2.05) is 65.1 Å². The van der Waals surface area contributed by atoms with Gasteiger partial charge < -0.3 is 14.2 Å². The molecule has 0 saturated carbocycles. The number of nitrogens with zero attached hydrogens (tertiary/aromatic N) is 1. The summed E-state index contributed by atoms with van der Waals surface area (Å²) in [5.41, 5.74) is 1.87. The number of esters is 1. The number of hydrogen-bond donors (Lipinski definition) is 0. The minimum atomic E-state index is -0.545. The highest BCUT2D eigenvalue weighted by Crippen LogP contribution is 2.38. The Morgan fingerprint density at radius 1 is 0.923 bits per heavy atom. The molecule has 0 N–H and O–H groups in total. The second-order valence-electron chi connectivity index (χ2n) is 8.60. The molecule has 0 unspecified atom stereocenters. The number of fused-ring (bicyclic) bond motifs is 1. The molecule has 0 radical (unpaired) electrons. The summed E-state index contributed by atoms with van der Waals surface area (Å²) in [6.07, 6.45) is 1.64. The Bertz CT molecular complexity index is 1630. The lowest BCUT2D eigenvalue weighted by Gasteiger charge is -2.13. The van der Waals surface area contributed by atoms with Crippen LogP contribution in [0.1, 0.15) is 21.5 Å². The average molecular weight is 651 g/mol. The van der Waals surface area contributed by atoms with Crippen LogP contribution in [0.25, 0.3) is 16.8 Å². The first-order valence-electron chi connectivity index (χ1n) is 11.8. The van der Waals surface area contributed by atoms with Crippen LogP contribution < -0.4 is 14.2 Å². The Morgan fingerprint density at radius 3 is 2.38 bits per heavy atom. The minimum absolute atomic E-state index is 0.188. The van der Waals surface area contributed by atoms with E-state index < -0.39 is 5.97 Å². The van der Waals surface area contributed by atoms with E-state index in [1.165, 1.54) is 12.0 Å². The minimum Gasteiger partial charge on any atom is -0.497 e. The number of benzene rings is 4. The van der Waals surface area contributed by atoms with Crippen molar-refractivity contribution in [2.75, 3.05) is 14.2 Å². The van der Waals surface area contributed by atoms with Crippen molar-refractivity contribution in [3.63, 3.8) is 0 Å². The van der Waals surface area contributed by atoms with Crippen molar-refractivity contribution in [3.05, 3.63) is 104 Å². The molecule has 4 aromatic rings. The van der Waals surface area contributed by atoms with Crippen LogP contribution in [0.15, 0.2) is 83.8 Å². The van der Waals surface area contributed by atoms with Gasteiger partial charge in [0.25, 0.3) is 11.1 Å². The summed E-state index contributed by atoms with van der Waals surface area (Å²) in [7, 11) is 3.02. The third kappa shape index (κ3) is 5.79. The third-order valence-electron chi connectivity index (χ3n) is 6.10. The van der Waals surface area contributed by atoms with Crippen LogP contribution >= 0.6 is 34.4 Å². The second kappa shape index (κ2) is 11.5. The molecule has 1 saturated heterocycles. The van der Waals surface area contributed by atoms with E-state index in [4.69, 9.17) is 14.2 Å². The number of halogens is 1. The molecule has 1 aliphatic rings. The molecule has 0 bridgehead atoms. The Kier molecular flexibility index (Phi) is 7.89. The summed E-state index contributed by atoms with van der Waals surface area (Å²) in [6, 6.07) is 23.8. The summed E-state index contributed by atoms with van der Waals surface area (Å²) in [5.74, 6) is 0.314. The molecule has 0 aliphatic carbocycles. The lowest BCUT2D eigenvalue weighted by Crippen LogP contribution is -2.27. The van der Waals surface area contributed by atoms with Gasteiger partial charge in [0.15, 0.2) is 11.5 Å². The SMILES string of the molecule is COc1ccc(C(=O)Oc2c(I)cc(/C=C3\SC(=O)N(Cc4ccc5ccccc5c4)C3=O)cc2OC)cc1. The Morgan fingerprint density at radius 2 is 1.67 bits per heavy atom. The van der Waals surface area contributed by atoms with Gasteiger partial charge in [0.1, 0.15) is 5.75 Å². The summed E-state index contributed by atoms with van der Waals surface area (Å²) >= 11 is 2.94. The zero-order valence-corrected chi connectivity index (χ0v) is 23.9. The number of methoxy groups -OCH3 is 2. The van der Waals surface area contributed by atoms with Crippen LogP contribution in [0.4, 0.5) is 4.79 Å². The Labute approximate surface area is 242 Å². The molecular weight excluding hydrogens is 629 g/mol. The first kappa shape index (κ1) is 26.8. The van der Waals surface area contributed by atoms with Gasteiger partial charge in [-0.2, -0.15) is 0 Å². The lowest BCUT2D eigenvalue weighted by molar-refractivity contribution is -0.123. The van der Waals surface area contributed by atoms with Gasteiger partial charge in [-0.05, 0) is 105 Å². The predicted octanol–water partition coefficient (Wildman–Crippen LogP) is 6.92. The summed E-state index contributed by atoms with van der Waals surface area (Å²) < 4.78 is 16.9. The van der Waals surface area contributed by atoms with Gasteiger partial charge in [-0.25, -0.2) is 4.79 Å².